The van der Waals surface area contributed by atoms with E-state index in [0.29, 0.717) is 43.6 Å². The van der Waals surface area contributed by atoms with Gasteiger partial charge in [-0.05, 0) is 18.2 Å². The average Bonchev–Trinajstić information content (AvgIpc) is 2.52. The van der Waals surface area contributed by atoms with Gasteiger partial charge in [0.2, 0.25) is 0 Å². The fraction of sp³-hybridized carbons (Fsp3) is 0.429. The summed E-state index contributed by atoms with van der Waals surface area (Å²) >= 11 is 11.5. The highest BCUT2D eigenvalue weighted by Crippen LogP contribution is 2.20. The van der Waals surface area contributed by atoms with Crippen molar-refractivity contribution in [2.45, 2.75) is 0 Å². The summed E-state index contributed by atoms with van der Waals surface area (Å²) in [7, 11) is 0. The maximum atomic E-state index is 11.9. The minimum Gasteiger partial charge on any atom is -0.368 e. The Morgan fingerprint density at radius 2 is 1.90 bits per heavy atom. The number of rotatable bonds is 3. The first-order chi connectivity index (χ1) is 10.1. The molecule has 2 rings (SSSR count). The maximum absolute atomic E-state index is 11.9. The highest BCUT2D eigenvalue weighted by Gasteiger charge is 2.25. The molecule has 1 saturated heterocycles. The number of amides is 2. The second-order valence-corrected chi connectivity index (χ2v) is 5.52. The summed E-state index contributed by atoms with van der Waals surface area (Å²) in [6.45, 7) is 2.68. The van der Waals surface area contributed by atoms with Gasteiger partial charge in [-0.2, -0.15) is 0 Å². The van der Waals surface area contributed by atoms with Crippen molar-refractivity contribution in [3.8, 4) is 0 Å². The van der Waals surface area contributed by atoms with E-state index in [0.717, 1.165) is 5.69 Å². The van der Waals surface area contributed by atoms with Gasteiger partial charge in [-0.1, -0.05) is 17.7 Å². The molecule has 0 bridgehead atoms. The summed E-state index contributed by atoms with van der Waals surface area (Å²) in [6, 6.07) is 7.60. The van der Waals surface area contributed by atoms with Crippen LogP contribution in [0.15, 0.2) is 24.3 Å². The van der Waals surface area contributed by atoms with Crippen molar-refractivity contribution in [2.75, 3.05) is 43.5 Å². The van der Waals surface area contributed by atoms with E-state index < -0.39 is 11.8 Å². The van der Waals surface area contributed by atoms with Crippen molar-refractivity contribution >= 4 is 40.7 Å². The quantitative estimate of drug-likeness (QED) is 0.672. The van der Waals surface area contributed by atoms with Crippen LogP contribution in [0.5, 0.6) is 0 Å². The van der Waals surface area contributed by atoms with E-state index in [2.05, 4.69) is 10.2 Å². The third kappa shape index (κ3) is 4.25. The van der Waals surface area contributed by atoms with Gasteiger partial charge in [-0.25, -0.2) is 0 Å². The van der Waals surface area contributed by atoms with Gasteiger partial charge >= 0.3 is 11.8 Å². The topological polar surface area (TPSA) is 52.7 Å². The maximum Gasteiger partial charge on any atom is 0.312 e. The molecule has 0 aromatic heterocycles. The Morgan fingerprint density at radius 3 is 2.52 bits per heavy atom. The van der Waals surface area contributed by atoms with Gasteiger partial charge in [0, 0.05) is 49.3 Å². The lowest BCUT2D eigenvalue weighted by molar-refractivity contribution is -0.146. The molecule has 0 unspecified atom stereocenters. The van der Waals surface area contributed by atoms with E-state index in [1.54, 1.807) is 4.90 Å². The van der Waals surface area contributed by atoms with Crippen molar-refractivity contribution in [1.82, 2.24) is 10.2 Å². The van der Waals surface area contributed by atoms with E-state index in [4.69, 9.17) is 23.2 Å². The fourth-order valence-electron chi connectivity index (χ4n) is 2.22. The second-order valence-electron chi connectivity index (χ2n) is 4.70. The molecule has 0 aliphatic carbocycles. The Bertz CT molecular complexity index is 517. The predicted octanol–water partition coefficient (Wildman–Crippen LogP) is 1.34. The second kappa shape index (κ2) is 7.52. The monoisotopic (exact) mass is 329 g/mol. The van der Waals surface area contributed by atoms with Crippen LogP contribution in [0.2, 0.25) is 5.02 Å². The lowest BCUT2D eigenvalue weighted by atomic mass is 10.2. The first-order valence-electron chi connectivity index (χ1n) is 6.75. The number of halogens is 2. The van der Waals surface area contributed by atoms with Crippen LogP contribution in [0.4, 0.5) is 5.69 Å². The molecule has 1 heterocycles. The number of hydrogen-bond donors (Lipinski definition) is 1. The predicted molar refractivity (Wildman–Crippen MR) is 84.0 cm³/mol. The lowest BCUT2D eigenvalue weighted by Gasteiger charge is -2.35. The number of nitrogens with one attached hydrogen (secondary N) is 1. The van der Waals surface area contributed by atoms with E-state index >= 15 is 0 Å². The number of piperazine rings is 1. The lowest BCUT2D eigenvalue weighted by Crippen LogP contribution is -2.52. The standard InChI is InChI=1S/C14H17Cl2N3O2/c15-4-5-17-13(20)14(21)19-8-6-18(7-9-19)12-3-1-2-11(16)10-12/h1-3,10H,4-9H2,(H,17,20). The van der Waals surface area contributed by atoms with Gasteiger partial charge in [0.05, 0.1) is 0 Å². The van der Waals surface area contributed by atoms with Crippen LogP contribution >= 0.6 is 23.2 Å². The number of nitrogens with zero attached hydrogens (tertiary/aromatic N) is 2. The molecule has 0 radical (unpaired) electrons. The Kier molecular flexibility index (Phi) is 5.70. The third-order valence-electron chi connectivity index (χ3n) is 3.31. The summed E-state index contributed by atoms with van der Waals surface area (Å²) in [6.07, 6.45) is 0. The molecule has 1 aromatic rings. The van der Waals surface area contributed by atoms with E-state index in [1.165, 1.54) is 0 Å². The van der Waals surface area contributed by atoms with Gasteiger partial charge < -0.3 is 15.1 Å². The molecule has 1 aliphatic rings. The molecule has 7 heteroatoms. The smallest absolute Gasteiger partial charge is 0.312 e. The van der Waals surface area contributed by atoms with Crippen molar-refractivity contribution < 1.29 is 9.59 Å². The van der Waals surface area contributed by atoms with Crippen LogP contribution in [-0.2, 0) is 9.59 Å². The Hall–Kier alpha value is -1.46. The number of carbonyl (C=O) groups excluding carboxylic acids is 2. The van der Waals surface area contributed by atoms with Crippen LogP contribution in [0.25, 0.3) is 0 Å². The summed E-state index contributed by atoms with van der Waals surface area (Å²) in [5.41, 5.74) is 1.03. The van der Waals surface area contributed by atoms with E-state index in [1.807, 2.05) is 24.3 Å². The van der Waals surface area contributed by atoms with Crippen LogP contribution < -0.4 is 10.2 Å². The Labute approximate surface area is 133 Å². The summed E-state index contributed by atoms with van der Waals surface area (Å²) < 4.78 is 0. The van der Waals surface area contributed by atoms with Crippen LogP contribution in [0.1, 0.15) is 0 Å². The van der Waals surface area contributed by atoms with Crippen molar-refractivity contribution in [3.05, 3.63) is 29.3 Å². The molecule has 21 heavy (non-hydrogen) atoms. The number of benzene rings is 1. The molecule has 1 N–H and O–H groups in total. The highest BCUT2D eigenvalue weighted by molar-refractivity contribution is 6.35. The fourth-order valence-corrected chi connectivity index (χ4v) is 2.50. The van der Waals surface area contributed by atoms with Crippen molar-refractivity contribution in [3.63, 3.8) is 0 Å². The molecular formula is C14H17Cl2N3O2. The molecule has 1 aliphatic heterocycles. The van der Waals surface area contributed by atoms with Gasteiger partial charge in [0.25, 0.3) is 0 Å². The number of anilines is 1. The van der Waals surface area contributed by atoms with Crippen molar-refractivity contribution in [1.29, 1.82) is 0 Å². The highest BCUT2D eigenvalue weighted by atomic mass is 35.5. The molecule has 1 fully saturated rings. The SMILES string of the molecule is O=C(NCCCl)C(=O)N1CCN(c2cccc(Cl)c2)CC1. The van der Waals surface area contributed by atoms with Crippen LogP contribution in [-0.4, -0.2) is 55.3 Å². The number of hydrogen-bond acceptors (Lipinski definition) is 3. The average molecular weight is 330 g/mol. The van der Waals surface area contributed by atoms with Crippen molar-refractivity contribution in [2.24, 2.45) is 0 Å². The minimum atomic E-state index is -0.591. The molecular weight excluding hydrogens is 313 g/mol. The summed E-state index contributed by atoms with van der Waals surface area (Å²) in [4.78, 5) is 27.2. The Morgan fingerprint density at radius 1 is 1.19 bits per heavy atom. The van der Waals surface area contributed by atoms with Gasteiger partial charge in [0.1, 0.15) is 0 Å². The molecule has 1 aromatic carbocycles. The first kappa shape index (κ1) is 15.9. The largest absolute Gasteiger partial charge is 0.368 e. The number of alkyl halides is 1. The van der Waals surface area contributed by atoms with E-state index in [-0.39, 0.29) is 0 Å². The van der Waals surface area contributed by atoms with Crippen LogP contribution in [0, 0.1) is 0 Å². The molecule has 0 atom stereocenters. The molecule has 2 amide bonds. The zero-order valence-electron chi connectivity index (χ0n) is 11.5. The number of carbonyl (C=O) groups is 2. The van der Waals surface area contributed by atoms with Gasteiger partial charge in [0.15, 0.2) is 0 Å². The first-order valence-corrected chi connectivity index (χ1v) is 7.66. The molecule has 0 spiro atoms. The van der Waals surface area contributed by atoms with E-state index in [9.17, 15) is 9.59 Å². The summed E-state index contributed by atoms with van der Waals surface area (Å²) in [5.74, 6) is -0.792. The third-order valence-corrected chi connectivity index (χ3v) is 3.74. The van der Waals surface area contributed by atoms with Gasteiger partial charge in [-0.15, -0.1) is 11.6 Å². The molecule has 114 valence electrons. The zero-order valence-corrected chi connectivity index (χ0v) is 13.0. The van der Waals surface area contributed by atoms with Gasteiger partial charge in [-0.3, -0.25) is 9.59 Å². The Balaban J connectivity index is 1.88. The normalized spacial score (nSPS) is 15.0. The molecule has 5 nitrogen and oxygen atoms in total. The molecule has 0 saturated carbocycles. The minimum absolute atomic E-state index is 0.293. The zero-order chi connectivity index (χ0) is 15.2. The summed E-state index contributed by atoms with van der Waals surface area (Å²) in [5, 5.41) is 3.17. The van der Waals surface area contributed by atoms with Crippen LogP contribution in [0.3, 0.4) is 0 Å².